The first-order chi connectivity index (χ1) is 10.0. The number of aryl methyl sites for hydroxylation is 1. The van der Waals surface area contributed by atoms with Crippen LogP contribution in [0.25, 0.3) is 0 Å². The van der Waals surface area contributed by atoms with E-state index in [0.29, 0.717) is 12.0 Å². The average Bonchev–Trinajstić information content (AvgIpc) is 3.25. The number of hydrogen-bond donors (Lipinski definition) is 1. The Bertz CT molecular complexity index is 481. The summed E-state index contributed by atoms with van der Waals surface area (Å²) >= 11 is 0. The summed E-state index contributed by atoms with van der Waals surface area (Å²) in [4.78, 5) is 7.07. The van der Waals surface area contributed by atoms with Gasteiger partial charge in [0.1, 0.15) is 12.2 Å². The first-order valence-electron chi connectivity index (χ1n) is 8.35. The number of piperazine rings is 1. The van der Waals surface area contributed by atoms with Crippen molar-refractivity contribution in [1.82, 2.24) is 25.0 Å². The molecule has 0 spiro atoms. The zero-order valence-corrected chi connectivity index (χ0v) is 13.8. The van der Waals surface area contributed by atoms with Gasteiger partial charge in [-0.15, -0.1) is 0 Å². The van der Waals surface area contributed by atoms with E-state index in [-0.39, 0.29) is 5.54 Å². The van der Waals surface area contributed by atoms with Gasteiger partial charge in [-0.2, -0.15) is 5.10 Å². The van der Waals surface area contributed by atoms with Gasteiger partial charge in [-0.3, -0.25) is 9.58 Å². The second-order valence-corrected chi connectivity index (χ2v) is 7.23. The third-order valence-electron chi connectivity index (χ3n) is 5.64. The van der Waals surface area contributed by atoms with Crippen molar-refractivity contribution < 1.29 is 0 Å². The van der Waals surface area contributed by atoms with Crippen LogP contribution in [0, 0.1) is 11.8 Å². The summed E-state index contributed by atoms with van der Waals surface area (Å²) in [5.41, 5.74) is 0.280. The SMILES string of the molecule is CCC(C)C1CNC(C)(C2CC2)CN1Cc1ncnn1C. The molecular formula is C16H29N5. The van der Waals surface area contributed by atoms with Crippen molar-refractivity contribution in [1.29, 1.82) is 0 Å². The normalized spacial score (nSPS) is 32.3. The molecule has 2 aliphatic rings. The van der Waals surface area contributed by atoms with Crippen LogP contribution in [0.5, 0.6) is 0 Å². The monoisotopic (exact) mass is 291 g/mol. The number of hydrogen-bond acceptors (Lipinski definition) is 4. The second kappa shape index (κ2) is 5.69. The van der Waals surface area contributed by atoms with Crippen molar-refractivity contribution in [3.63, 3.8) is 0 Å². The average molecular weight is 291 g/mol. The van der Waals surface area contributed by atoms with E-state index in [1.165, 1.54) is 19.3 Å². The molecule has 2 heterocycles. The highest BCUT2D eigenvalue weighted by molar-refractivity contribution is 5.05. The van der Waals surface area contributed by atoms with Gasteiger partial charge in [0.25, 0.3) is 0 Å². The maximum Gasteiger partial charge on any atom is 0.140 e. The van der Waals surface area contributed by atoms with Crippen LogP contribution < -0.4 is 5.32 Å². The maximum atomic E-state index is 4.43. The molecule has 1 saturated heterocycles. The summed E-state index contributed by atoms with van der Waals surface area (Å²) < 4.78 is 1.91. The number of nitrogens with zero attached hydrogens (tertiary/aromatic N) is 4. The van der Waals surface area contributed by atoms with Crippen LogP contribution >= 0.6 is 0 Å². The highest BCUT2D eigenvalue weighted by atomic mass is 15.3. The summed E-state index contributed by atoms with van der Waals surface area (Å²) in [7, 11) is 1.99. The zero-order chi connectivity index (χ0) is 15.0. The lowest BCUT2D eigenvalue weighted by Gasteiger charge is -2.48. The van der Waals surface area contributed by atoms with Gasteiger partial charge in [-0.05, 0) is 31.6 Å². The largest absolute Gasteiger partial charge is 0.308 e. The Morgan fingerprint density at radius 3 is 2.81 bits per heavy atom. The molecule has 1 aliphatic heterocycles. The summed E-state index contributed by atoms with van der Waals surface area (Å²) in [6.07, 6.45) is 5.66. The Balaban J connectivity index is 1.77. The standard InChI is InChI=1S/C16H29N5/c1-5-12(2)14-8-18-16(3,13-6-7-13)10-21(14)9-15-17-11-19-20(15)4/h11-14,18H,5-10H2,1-4H3. The van der Waals surface area contributed by atoms with E-state index >= 15 is 0 Å². The second-order valence-electron chi connectivity index (χ2n) is 7.23. The molecule has 0 bridgehead atoms. The van der Waals surface area contributed by atoms with E-state index in [0.717, 1.165) is 31.4 Å². The molecule has 2 fully saturated rings. The molecule has 1 saturated carbocycles. The fourth-order valence-corrected chi connectivity index (χ4v) is 3.71. The molecule has 1 aromatic rings. The third kappa shape index (κ3) is 2.99. The molecule has 0 amide bonds. The van der Waals surface area contributed by atoms with E-state index in [2.05, 4.69) is 41.1 Å². The van der Waals surface area contributed by atoms with Crippen LogP contribution in [-0.2, 0) is 13.6 Å². The van der Waals surface area contributed by atoms with Crippen LogP contribution in [0.3, 0.4) is 0 Å². The highest BCUT2D eigenvalue weighted by Gasteiger charge is 2.46. The Kier molecular flexibility index (Phi) is 4.06. The van der Waals surface area contributed by atoms with Crippen LogP contribution in [-0.4, -0.2) is 44.3 Å². The highest BCUT2D eigenvalue weighted by Crippen LogP contribution is 2.42. The van der Waals surface area contributed by atoms with Gasteiger partial charge in [0, 0.05) is 31.7 Å². The van der Waals surface area contributed by atoms with Gasteiger partial charge in [0.05, 0.1) is 6.54 Å². The van der Waals surface area contributed by atoms with E-state index in [4.69, 9.17) is 0 Å². The van der Waals surface area contributed by atoms with Gasteiger partial charge in [0.15, 0.2) is 0 Å². The topological polar surface area (TPSA) is 46.0 Å². The molecule has 3 rings (SSSR count). The lowest BCUT2D eigenvalue weighted by atomic mass is 9.87. The molecule has 0 radical (unpaired) electrons. The molecule has 1 N–H and O–H groups in total. The van der Waals surface area contributed by atoms with Crippen LogP contribution in [0.4, 0.5) is 0 Å². The Hall–Kier alpha value is -0.940. The van der Waals surface area contributed by atoms with Gasteiger partial charge in [-0.25, -0.2) is 4.98 Å². The molecule has 1 aliphatic carbocycles. The summed E-state index contributed by atoms with van der Waals surface area (Å²) in [6, 6.07) is 0.596. The fourth-order valence-electron chi connectivity index (χ4n) is 3.71. The van der Waals surface area contributed by atoms with Crippen LogP contribution in [0.2, 0.25) is 0 Å². The van der Waals surface area contributed by atoms with E-state index in [1.807, 2.05) is 11.7 Å². The minimum Gasteiger partial charge on any atom is -0.308 e. The number of nitrogens with one attached hydrogen (secondary N) is 1. The predicted molar refractivity (Wildman–Crippen MR) is 83.8 cm³/mol. The lowest BCUT2D eigenvalue weighted by Crippen LogP contribution is -2.65. The first-order valence-corrected chi connectivity index (χ1v) is 8.35. The Labute approximate surface area is 128 Å². The minimum atomic E-state index is 0.280. The quantitative estimate of drug-likeness (QED) is 0.898. The van der Waals surface area contributed by atoms with E-state index in [9.17, 15) is 0 Å². The van der Waals surface area contributed by atoms with Crippen LogP contribution in [0.15, 0.2) is 6.33 Å². The predicted octanol–water partition coefficient (Wildman–Crippen LogP) is 1.80. The van der Waals surface area contributed by atoms with Gasteiger partial charge < -0.3 is 5.32 Å². The Morgan fingerprint density at radius 2 is 2.24 bits per heavy atom. The first kappa shape index (κ1) is 15.0. The molecular weight excluding hydrogens is 262 g/mol. The van der Waals surface area contributed by atoms with Crippen LogP contribution in [0.1, 0.15) is 45.9 Å². The molecule has 3 unspecified atom stereocenters. The van der Waals surface area contributed by atoms with Gasteiger partial charge in [0.2, 0.25) is 0 Å². The molecule has 1 aromatic heterocycles. The summed E-state index contributed by atoms with van der Waals surface area (Å²) in [6.45, 7) is 10.2. The van der Waals surface area contributed by atoms with Crippen molar-refractivity contribution in [2.24, 2.45) is 18.9 Å². The van der Waals surface area contributed by atoms with Crippen molar-refractivity contribution in [2.75, 3.05) is 13.1 Å². The zero-order valence-electron chi connectivity index (χ0n) is 13.8. The van der Waals surface area contributed by atoms with Gasteiger partial charge >= 0.3 is 0 Å². The molecule has 5 heteroatoms. The van der Waals surface area contributed by atoms with E-state index < -0.39 is 0 Å². The van der Waals surface area contributed by atoms with Crippen molar-refractivity contribution >= 4 is 0 Å². The summed E-state index contributed by atoms with van der Waals surface area (Å²) in [5.74, 6) is 2.63. The molecule has 21 heavy (non-hydrogen) atoms. The fraction of sp³-hybridized carbons (Fsp3) is 0.875. The van der Waals surface area contributed by atoms with E-state index in [1.54, 1.807) is 6.33 Å². The molecule has 118 valence electrons. The van der Waals surface area contributed by atoms with Crippen molar-refractivity contribution in [3.05, 3.63) is 12.2 Å². The smallest absolute Gasteiger partial charge is 0.140 e. The maximum absolute atomic E-state index is 4.43. The van der Waals surface area contributed by atoms with Crippen molar-refractivity contribution in [2.45, 2.75) is 58.2 Å². The number of aromatic nitrogens is 3. The third-order valence-corrected chi connectivity index (χ3v) is 5.64. The molecule has 3 atom stereocenters. The Morgan fingerprint density at radius 1 is 1.48 bits per heavy atom. The lowest BCUT2D eigenvalue weighted by molar-refractivity contribution is 0.0387. The summed E-state index contributed by atoms with van der Waals surface area (Å²) in [5, 5.41) is 8.08. The molecule has 0 aromatic carbocycles. The van der Waals surface area contributed by atoms with Gasteiger partial charge in [-0.1, -0.05) is 20.3 Å². The minimum absolute atomic E-state index is 0.280. The number of rotatable bonds is 5. The van der Waals surface area contributed by atoms with Crippen molar-refractivity contribution in [3.8, 4) is 0 Å². The molecule has 5 nitrogen and oxygen atoms in total.